The van der Waals surface area contributed by atoms with Crippen LogP contribution in [0.1, 0.15) is 97.0 Å². The largest absolute Gasteiger partial charge is 0.481 e. The molecular formula is C45H61N5O16S2. The molecule has 3 atom stereocenters. The second-order valence-electron chi connectivity index (χ2n) is 15.9. The molecule has 4 amide bonds. The zero-order valence-corrected chi connectivity index (χ0v) is 40.0. The normalized spacial score (nSPS) is 13.4. The number of carboxylic acids is 3. The average molecular weight is 992 g/mol. The lowest BCUT2D eigenvalue weighted by molar-refractivity contribution is -0.140. The molecule has 21 nitrogen and oxygen atoms in total. The van der Waals surface area contributed by atoms with Crippen LogP contribution >= 0.6 is 0 Å². The predicted octanol–water partition coefficient (Wildman–Crippen LogP) is 4.18. The zero-order valence-electron chi connectivity index (χ0n) is 38.3. The van der Waals surface area contributed by atoms with Crippen molar-refractivity contribution in [3.05, 3.63) is 78.1 Å². The van der Waals surface area contributed by atoms with Crippen LogP contribution in [0.5, 0.6) is 0 Å². The Hall–Kier alpha value is -6.43. The Kier molecular flexibility index (Phi) is 23.2. The summed E-state index contributed by atoms with van der Waals surface area (Å²) in [6.45, 7) is 11.3. The van der Waals surface area contributed by atoms with Crippen LogP contribution in [-0.2, 0) is 53.8 Å². The van der Waals surface area contributed by atoms with Crippen LogP contribution in [0.25, 0.3) is 10.8 Å². The van der Waals surface area contributed by atoms with Gasteiger partial charge in [0.15, 0.2) is 0 Å². The number of benzene rings is 2. The van der Waals surface area contributed by atoms with Gasteiger partial charge in [0.2, 0.25) is 23.6 Å². The number of allylic oxidation sites excluding steroid dienone is 7. The van der Waals surface area contributed by atoms with E-state index in [-0.39, 0.29) is 36.6 Å². The monoisotopic (exact) mass is 991 g/mol. The SMILES string of the molecule is C=C(C)/C=C/C=C/C=C(\C)N(CCCCCC(=O)NC(CCC(=O)O)C(=O)NC(CCC(=O)O)C(=O)NC(CCC(=O)O)C(=O)NCCC)c1ccc2c(S(=O)(=O)O)cc(S(=O)(=O)O)cc2c1C. The molecule has 2 aromatic rings. The summed E-state index contributed by atoms with van der Waals surface area (Å²) in [5.41, 5.74) is 2.42. The zero-order chi connectivity index (χ0) is 51.4. The van der Waals surface area contributed by atoms with Crippen molar-refractivity contribution in [2.75, 3.05) is 18.0 Å². The number of amides is 4. The Morgan fingerprint density at radius 2 is 1.24 bits per heavy atom. The van der Waals surface area contributed by atoms with Gasteiger partial charge in [-0.2, -0.15) is 16.8 Å². The lowest BCUT2D eigenvalue weighted by Crippen LogP contribution is -2.57. The Bertz CT molecular complexity index is 2520. The second kappa shape index (κ2) is 27.4. The van der Waals surface area contributed by atoms with Gasteiger partial charge in [-0.15, -0.1) is 0 Å². The van der Waals surface area contributed by atoms with E-state index in [4.69, 9.17) is 5.11 Å². The summed E-state index contributed by atoms with van der Waals surface area (Å²) in [5.74, 6) is -7.26. The third-order valence-electron chi connectivity index (χ3n) is 10.2. The van der Waals surface area contributed by atoms with E-state index in [1.54, 1.807) is 57.2 Å². The van der Waals surface area contributed by atoms with Gasteiger partial charge in [-0.25, -0.2) is 0 Å². The molecule has 0 spiro atoms. The molecule has 68 heavy (non-hydrogen) atoms. The number of unbranched alkanes of at least 4 members (excludes halogenated alkanes) is 2. The molecule has 0 fully saturated rings. The highest BCUT2D eigenvalue weighted by Gasteiger charge is 2.31. The summed E-state index contributed by atoms with van der Waals surface area (Å²) in [5, 5.41) is 37.7. The van der Waals surface area contributed by atoms with E-state index in [1.807, 2.05) is 11.8 Å². The van der Waals surface area contributed by atoms with Gasteiger partial charge in [0.1, 0.15) is 23.0 Å². The Labute approximate surface area is 395 Å². The number of hydrogen-bond acceptors (Lipinski definition) is 12. The van der Waals surface area contributed by atoms with Gasteiger partial charge >= 0.3 is 17.9 Å². The van der Waals surface area contributed by atoms with Crippen LogP contribution in [-0.4, -0.2) is 114 Å². The van der Waals surface area contributed by atoms with E-state index >= 15 is 0 Å². The lowest BCUT2D eigenvalue weighted by Gasteiger charge is -2.28. The van der Waals surface area contributed by atoms with Crippen molar-refractivity contribution in [2.24, 2.45) is 0 Å². The van der Waals surface area contributed by atoms with Crippen molar-refractivity contribution < 1.29 is 74.8 Å². The molecule has 2 aromatic carbocycles. The van der Waals surface area contributed by atoms with Gasteiger partial charge in [0.05, 0.1) is 4.90 Å². The molecule has 0 aliphatic carbocycles. The molecular weight excluding hydrogens is 931 g/mol. The standard InChI is InChI=1S/C45H61N5O16S2/c1-6-24-46-43(58)34(17-21-40(52)53)48-45(60)36(19-23-42(56)57)49-44(59)35(18-22-41(54)55)47-39(51)15-11-8-12-25-50(29(4)14-10-7-9-13-28(2)3)37-20-16-32-33(30(37)5)26-31(67(61,62)63)27-38(32)68(64,65)66/h7,9-10,13-14,16,20,26-27,34-36H,2,6,8,11-12,15,17-19,21-25H2,1,3-5H3,(H,46,58)(H,47,51)(H,48,60)(H,49,59)(H,52,53)(H,54,55)(H,56,57)(H,61,62,63)(H,64,65,66)/b10-7+,13-9+,29-14+. The molecule has 0 radical (unpaired) electrons. The molecule has 0 aliphatic heterocycles. The van der Waals surface area contributed by atoms with Crippen LogP contribution in [0.15, 0.2) is 82.3 Å². The fourth-order valence-corrected chi connectivity index (χ4v) is 8.08. The first-order valence-electron chi connectivity index (χ1n) is 21.6. The van der Waals surface area contributed by atoms with Crippen molar-refractivity contribution in [1.82, 2.24) is 21.3 Å². The van der Waals surface area contributed by atoms with Crippen molar-refractivity contribution in [2.45, 2.75) is 126 Å². The van der Waals surface area contributed by atoms with Crippen LogP contribution in [0.4, 0.5) is 5.69 Å². The molecule has 0 saturated heterocycles. The maximum atomic E-state index is 13.6. The fraction of sp³-hybridized carbons (Fsp3) is 0.444. The van der Waals surface area contributed by atoms with Gasteiger partial charge in [0, 0.05) is 55.5 Å². The van der Waals surface area contributed by atoms with Gasteiger partial charge in [-0.3, -0.25) is 42.7 Å². The molecule has 0 aromatic heterocycles. The fourth-order valence-electron chi connectivity index (χ4n) is 6.74. The number of carboxylic acid groups (broad SMARTS) is 3. The smallest absolute Gasteiger partial charge is 0.303 e. The number of aryl methyl sites for hydroxylation is 1. The molecule has 0 aliphatic rings. The van der Waals surface area contributed by atoms with Gasteiger partial charge in [-0.05, 0) is 94.5 Å². The molecule has 0 heterocycles. The quantitative estimate of drug-likeness (QED) is 0.0301. The highest BCUT2D eigenvalue weighted by Crippen LogP contribution is 2.35. The predicted molar refractivity (Wildman–Crippen MR) is 251 cm³/mol. The molecule has 2 rings (SSSR count). The first-order valence-corrected chi connectivity index (χ1v) is 24.4. The average Bonchev–Trinajstić information content (AvgIpc) is 3.24. The van der Waals surface area contributed by atoms with Crippen LogP contribution in [0, 0.1) is 6.92 Å². The summed E-state index contributed by atoms with van der Waals surface area (Å²) >= 11 is 0. The minimum absolute atomic E-state index is 0.00132. The van der Waals surface area contributed by atoms with E-state index in [0.29, 0.717) is 48.8 Å². The number of hydrogen-bond donors (Lipinski definition) is 9. The molecule has 23 heteroatoms. The number of carbonyl (C=O) groups excluding carboxylic acids is 4. The number of fused-ring (bicyclic) bond motifs is 1. The third kappa shape index (κ3) is 19.8. The first-order chi connectivity index (χ1) is 31.8. The Balaban J connectivity index is 2.34. The summed E-state index contributed by atoms with van der Waals surface area (Å²) in [6, 6.07) is 0.321. The Morgan fingerprint density at radius 3 is 1.74 bits per heavy atom. The minimum Gasteiger partial charge on any atom is -0.481 e. The lowest BCUT2D eigenvalue weighted by atomic mass is 10.0. The molecule has 3 unspecified atom stereocenters. The van der Waals surface area contributed by atoms with Crippen molar-refractivity contribution >= 4 is 78.2 Å². The van der Waals surface area contributed by atoms with Gasteiger partial charge in [0.25, 0.3) is 20.2 Å². The van der Waals surface area contributed by atoms with Crippen LogP contribution < -0.4 is 26.2 Å². The van der Waals surface area contributed by atoms with Gasteiger partial charge in [-0.1, -0.05) is 55.9 Å². The van der Waals surface area contributed by atoms with E-state index < -0.39 is 122 Å². The maximum absolute atomic E-state index is 13.6. The second-order valence-corrected chi connectivity index (χ2v) is 18.7. The molecule has 9 N–H and O–H groups in total. The number of carbonyl (C=O) groups is 7. The summed E-state index contributed by atoms with van der Waals surface area (Å²) in [4.78, 5) is 87.5. The molecule has 374 valence electrons. The molecule has 0 bridgehead atoms. The summed E-state index contributed by atoms with van der Waals surface area (Å²) in [6.07, 6.45) is 7.47. The van der Waals surface area contributed by atoms with Crippen molar-refractivity contribution in [3.8, 4) is 0 Å². The van der Waals surface area contributed by atoms with Crippen molar-refractivity contribution in [1.29, 1.82) is 0 Å². The van der Waals surface area contributed by atoms with E-state index in [9.17, 15) is 69.7 Å². The third-order valence-corrected chi connectivity index (χ3v) is 12.0. The summed E-state index contributed by atoms with van der Waals surface area (Å²) in [7, 11) is -9.85. The highest BCUT2D eigenvalue weighted by molar-refractivity contribution is 7.86. The Morgan fingerprint density at radius 1 is 0.691 bits per heavy atom. The molecule has 0 saturated carbocycles. The van der Waals surface area contributed by atoms with Crippen LogP contribution in [0.2, 0.25) is 0 Å². The minimum atomic E-state index is -4.94. The first kappa shape index (κ1) is 57.7. The maximum Gasteiger partial charge on any atom is 0.303 e. The van der Waals surface area contributed by atoms with Crippen LogP contribution in [0.3, 0.4) is 0 Å². The number of nitrogens with zero attached hydrogens (tertiary/aromatic N) is 1. The van der Waals surface area contributed by atoms with Gasteiger partial charge < -0.3 is 41.5 Å². The number of aliphatic carboxylic acids is 3. The van der Waals surface area contributed by atoms with Crippen molar-refractivity contribution in [3.63, 3.8) is 0 Å². The number of nitrogens with one attached hydrogen (secondary N) is 4. The summed E-state index contributed by atoms with van der Waals surface area (Å²) < 4.78 is 68.7. The van der Waals surface area contributed by atoms with E-state index in [1.165, 1.54) is 6.07 Å². The number of anilines is 1. The number of rotatable bonds is 30. The topological polar surface area (TPSA) is 340 Å². The van der Waals surface area contributed by atoms with E-state index in [2.05, 4.69) is 27.8 Å². The van der Waals surface area contributed by atoms with E-state index in [0.717, 1.165) is 11.6 Å². The highest BCUT2D eigenvalue weighted by atomic mass is 32.2.